The molecule has 1 fully saturated rings. The minimum Gasteiger partial charge on any atom is -0.310 e. The van der Waals surface area contributed by atoms with Gasteiger partial charge in [0, 0.05) is 18.2 Å². The van der Waals surface area contributed by atoms with Crippen LogP contribution in [0.1, 0.15) is 50.2 Å². The average Bonchev–Trinajstić information content (AvgIpc) is 2.90. The number of alkyl halides is 2. The molecule has 0 bridgehead atoms. The molecular weight excluding hydrogens is 232 g/mol. The Morgan fingerprint density at radius 1 is 1.28 bits per heavy atom. The SMILES string of the molecule is CC(NCc1cccc(C(F)F)c1)C1CCCC1. The third kappa shape index (κ3) is 3.52. The highest BCUT2D eigenvalue weighted by Gasteiger charge is 2.20. The zero-order valence-electron chi connectivity index (χ0n) is 10.8. The van der Waals surface area contributed by atoms with Gasteiger partial charge in [-0.05, 0) is 37.3 Å². The summed E-state index contributed by atoms with van der Waals surface area (Å²) < 4.78 is 25.1. The first kappa shape index (κ1) is 13.5. The lowest BCUT2D eigenvalue weighted by Gasteiger charge is -2.20. The van der Waals surface area contributed by atoms with E-state index in [2.05, 4.69) is 12.2 Å². The van der Waals surface area contributed by atoms with Crippen LogP contribution in [-0.2, 0) is 6.54 Å². The third-order valence-electron chi connectivity index (χ3n) is 3.94. The number of hydrogen-bond acceptors (Lipinski definition) is 1. The molecule has 0 amide bonds. The van der Waals surface area contributed by atoms with Crippen molar-refractivity contribution in [3.8, 4) is 0 Å². The lowest BCUT2D eigenvalue weighted by Crippen LogP contribution is -2.31. The van der Waals surface area contributed by atoms with Crippen molar-refractivity contribution in [2.75, 3.05) is 0 Å². The monoisotopic (exact) mass is 253 g/mol. The van der Waals surface area contributed by atoms with Crippen LogP contribution in [0.15, 0.2) is 24.3 Å². The Morgan fingerprint density at radius 2 is 2.00 bits per heavy atom. The molecule has 3 heteroatoms. The second kappa shape index (κ2) is 6.28. The zero-order chi connectivity index (χ0) is 13.0. The lowest BCUT2D eigenvalue weighted by atomic mass is 9.99. The van der Waals surface area contributed by atoms with E-state index >= 15 is 0 Å². The quantitative estimate of drug-likeness (QED) is 0.825. The molecule has 2 rings (SSSR count). The van der Waals surface area contributed by atoms with Gasteiger partial charge < -0.3 is 5.32 Å². The van der Waals surface area contributed by atoms with Crippen molar-refractivity contribution >= 4 is 0 Å². The summed E-state index contributed by atoms with van der Waals surface area (Å²) >= 11 is 0. The van der Waals surface area contributed by atoms with Crippen LogP contribution in [-0.4, -0.2) is 6.04 Å². The maximum absolute atomic E-state index is 12.6. The summed E-state index contributed by atoms with van der Waals surface area (Å²) in [4.78, 5) is 0. The predicted octanol–water partition coefficient (Wildman–Crippen LogP) is 4.29. The number of rotatable bonds is 5. The molecule has 0 aromatic heterocycles. The molecule has 1 aliphatic carbocycles. The van der Waals surface area contributed by atoms with Crippen LogP contribution < -0.4 is 5.32 Å². The number of benzene rings is 1. The number of halogens is 2. The minimum absolute atomic E-state index is 0.114. The zero-order valence-corrected chi connectivity index (χ0v) is 10.8. The summed E-state index contributed by atoms with van der Waals surface area (Å²) in [6.07, 6.45) is 2.88. The molecule has 1 unspecified atom stereocenters. The van der Waals surface area contributed by atoms with Gasteiger partial charge in [-0.15, -0.1) is 0 Å². The molecule has 1 aromatic rings. The molecule has 1 aromatic carbocycles. The Hall–Kier alpha value is -0.960. The van der Waals surface area contributed by atoms with Gasteiger partial charge in [-0.2, -0.15) is 0 Å². The highest BCUT2D eigenvalue weighted by atomic mass is 19.3. The van der Waals surface area contributed by atoms with E-state index in [1.807, 2.05) is 6.07 Å². The van der Waals surface area contributed by atoms with Crippen LogP contribution in [0.5, 0.6) is 0 Å². The number of nitrogens with one attached hydrogen (secondary N) is 1. The van der Waals surface area contributed by atoms with Gasteiger partial charge in [0.15, 0.2) is 0 Å². The summed E-state index contributed by atoms with van der Waals surface area (Å²) in [5, 5.41) is 3.46. The summed E-state index contributed by atoms with van der Waals surface area (Å²) in [7, 11) is 0. The second-order valence-corrected chi connectivity index (χ2v) is 5.26. The van der Waals surface area contributed by atoms with Gasteiger partial charge in [0.25, 0.3) is 6.43 Å². The molecule has 1 atom stereocenters. The molecule has 1 aliphatic rings. The third-order valence-corrected chi connectivity index (χ3v) is 3.94. The molecule has 0 radical (unpaired) electrons. The first-order valence-electron chi connectivity index (χ1n) is 6.77. The van der Waals surface area contributed by atoms with Crippen LogP contribution in [0.2, 0.25) is 0 Å². The Balaban J connectivity index is 1.87. The second-order valence-electron chi connectivity index (χ2n) is 5.26. The first-order chi connectivity index (χ1) is 8.66. The van der Waals surface area contributed by atoms with Gasteiger partial charge in [-0.3, -0.25) is 0 Å². The summed E-state index contributed by atoms with van der Waals surface area (Å²) in [5.74, 6) is 0.753. The van der Waals surface area contributed by atoms with Crippen molar-refractivity contribution in [1.82, 2.24) is 5.32 Å². The van der Waals surface area contributed by atoms with E-state index in [0.717, 1.165) is 11.5 Å². The fourth-order valence-electron chi connectivity index (χ4n) is 2.74. The summed E-state index contributed by atoms with van der Waals surface area (Å²) in [6, 6.07) is 7.16. The highest BCUT2D eigenvalue weighted by molar-refractivity contribution is 5.24. The van der Waals surface area contributed by atoms with Gasteiger partial charge in [-0.25, -0.2) is 8.78 Å². The van der Waals surface area contributed by atoms with Crippen LogP contribution in [0.3, 0.4) is 0 Å². The number of hydrogen-bond donors (Lipinski definition) is 1. The van der Waals surface area contributed by atoms with Gasteiger partial charge in [0.2, 0.25) is 0 Å². The van der Waals surface area contributed by atoms with Gasteiger partial charge in [0.05, 0.1) is 0 Å². The Morgan fingerprint density at radius 3 is 2.67 bits per heavy atom. The molecule has 18 heavy (non-hydrogen) atoms. The van der Waals surface area contributed by atoms with E-state index in [-0.39, 0.29) is 5.56 Å². The predicted molar refractivity (Wildman–Crippen MR) is 69.7 cm³/mol. The van der Waals surface area contributed by atoms with Crippen molar-refractivity contribution in [2.24, 2.45) is 5.92 Å². The topological polar surface area (TPSA) is 12.0 Å². The standard InChI is InChI=1S/C15H21F2N/c1-11(13-6-2-3-7-13)18-10-12-5-4-8-14(9-12)15(16)17/h4-5,8-9,11,13,15,18H,2-3,6-7,10H2,1H3. The molecule has 1 saturated carbocycles. The Kier molecular flexibility index (Phi) is 4.70. The molecule has 0 heterocycles. The van der Waals surface area contributed by atoms with Crippen molar-refractivity contribution in [2.45, 2.75) is 51.6 Å². The maximum Gasteiger partial charge on any atom is 0.263 e. The van der Waals surface area contributed by atoms with E-state index in [9.17, 15) is 8.78 Å². The summed E-state index contributed by atoms with van der Waals surface area (Å²) in [5.41, 5.74) is 1.06. The van der Waals surface area contributed by atoms with Crippen LogP contribution in [0, 0.1) is 5.92 Å². The first-order valence-corrected chi connectivity index (χ1v) is 6.77. The lowest BCUT2D eigenvalue weighted by molar-refractivity contribution is 0.151. The van der Waals surface area contributed by atoms with E-state index in [0.29, 0.717) is 12.6 Å². The minimum atomic E-state index is -2.38. The van der Waals surface area contributed by atoms with Crippen molar-refractivity contribution in [1.29, 1.82) is 0 Å². The van der Waals surface area contributed by atoms with E-state index < -0.39 is 6.43 Å². The van der Waals surface area contributed by atoms with Crippen molar-refractivity contribution in [3.63, 3.8) is 0 Å². The molecular formula is C15H21F2N. The van der Waals surface area contributed by atoms with Gasteiger partial charge in [0.1, 0.15) is 0 Å². The molecule has 0 saturated heterocycles. The summed E-state index contributed by atoms with van der Waals surface area (Å²) in [6.45, 7) is 2.88. The average molecular weight is 253 g/mol. The largest absolute Gasteiger partial charge is 0.310 e. The normalized spacial score (nSPS) is 18.4. The van der Waals surface area contributed by atoms with Crippen LogP contribution in [0.4, 0.5) is 8.78 Å². The molecule has 100 valence electrons. The van der Waals surface area contributed by atoms with Crippen molar-refractivity contribution in [3.05, 3.63) is 35.4 Å². The van der Waals surface area contributed by atoms with Gasteiger partial charge >= 0.3 is 0 Å². The Bertz CT molecular complexity index is 373. The molecule has 1 nitrogen and oxygen atoms in total. The van der Waals surface area contributed by atoms with Crippen molar-refractivity contribution < 1.29 is 8.78 Å². The van der Waals surface area contributed by atoms with E-state index in [1.54, 1.807) is 12.1 Å². The van der Waals surface area contributed by atoms with Crippen LogP contribution >= 0.6 is 0 Å². The van der Waals surface area contributed by atoms with E-state index in [4.69, 9.17) is 0 Å². The fourth-order valence-corrected chi connectivity index (χ4v) is 2.74. The van der Waals surface area contributed by atoms with Crippen LogP contribution in [0.25, 0.3) is 0 Å². The Labute approximate surface area is 108 Å². The molecule has 0 spiro atoms. The maximum atomic E-state index is 12.6. The molecule has 1 N–H and O–H groups in total. The molecule has 0 aliphatic heterocycles. The smallest absolute Gasteiger partial charge is 0.263 e. The van der Waals surface area contributed by atoms with E-state index in [1.165, 1.54) is 31.7 Å². The van der Waals surface area contributed by atoms with Gasteiger partial charge in [-0.1, -0.05) is 31.0 Å². The highest BCUT2D eigenvalue weighted by Crippen LogP contribution is 2.27. The fraction of sp³-hybridized carbons (Fsp3) is 0.600.